The first kappa shape index (κ1) is 15.0. The van der Waals surface area contributed by atoms with E-state index in [4.69, 9.17) is 16.3 Å². The first-order valence-corrected chi connectivity index (χ1v) is 6.38. The smallest absolute Gasteiger partial charge is 0.408 e. The fourth-order valence-electron chi connectivity index (χ4n) is 1.62. The molecule has 0 aliphatic heterocycles. The maximum absolute atomic E-state index is 12.9. The summed E-state index contributed by atoms with van der Waals surface area (Å²) in [6.07, 6.45) is -0.788. The Hall–Kier alpha value is -2.40. The molecule has 1 amide bonds. The van der Waals surface area contributed by atoms with Crippen LogP contribution in [0.1, 0.15) is 17.3 Å². The molecule has 0 bridgehead atoms. The zero-order chi connectivity index (χ0) is 15.4. The minimum absolute atomic E-state index is 0.0114. The Labute approximate surface area is 125 Å². The van der Waals surface area contributed by atoms with Crippen molar-refractivity contribution >= 4 is 29.2 Å². The van der Waals surface area contributed by atoms with Crippen molar-refractivity contribution in [2.75, 3.05) is 5.32 Å². The van der Waals surface area contributed by atoms with E-state index < -0.39 is 11.9 Å². The lowest BCUT2D eigenvalue weighted by Crippen LogP contribution is -2.17. The number of anilines is 1. The normalized spacial score (nSPS) is 10.0. The first-order chi connectivity index (χ1) is 9.95. The Morgan fingerprint density at radius 1 is 1.19 bits per heavy atom. The van der Waals surface area contributed by atoms with Gasteiger partial charge in [0.15, 0.2) is 11.5 Å². The molecule has 6 heteroatoms. The minimum Gasteiger partial charge on any atom is -0.408 e. The van der Waals surface area contributed by atoms with Crippen LogP contribution in [0, 0.1) is 5.82 Å². The molecule has 0 spiro atoms. The van der Waals surface area contributed by atoms with Crippen molar-refractivity contribution in [3.63, 3.8) is 0 Å². The zero-order valence-corrected chi connectivity index (χ0v) is 11.8. The zero-order valence-electron chi connectivity index (χ0n) is 11.0. The number of halogens is 2. The van der Waals surface area contributed by atoms with Crippen molar-refractivity contribution in [3.05, 3.63) is 58.9 Å². The number of hydrogen-bond acceptors (Lipinski definition) is 3. The second-order valence-corrected chi connectivity index (χ2v) is 4.63. The van der Waals surface area contributed by atoms with Gasteiger partial charge in [0.1, 0.15) is 5.82 Å². The minimum atomic E-state index is -0.788. The third-order valence-corrected chi connectivity index (χ3v) is 2.91. The van der Waals surface area contributed by atoms with Crippen molar-refractivity contribution in [1.29, 1.82) is 0 Å². The summed E-state index contributed by atoms with van der Waals surface area (Å²) in [6, 6.07) is 9.83. The highest BCUT2D eigenvalue weighted by Gasteiger charge is 2.10. The molecule has 0 radical (unpaired) electrons. The quantitative estimate of drug-likeness (QED) is 0.860. The van der Waals surface area contributed by atoms with Gasteiger partial charge >= 0.3 is 6.09 Å². The molecule has 0 heterocycles. The van der Waals surface area contributed by atoms with Crippen LogP contribution in [0.5, 0.6) is 5.75 Å². The van der Waals surface area contributed by atoms with Crippen molar-refractivity contribution in [1.82, 2.24) is 0 Å². The molecule has 2 aromatic rings. The van der Waals surface area contributed by atoms with Gasteiger partial charge in [0.2, 0.25) is 0 Å². The van der Waals surface area contributed by atoms with Crippen molar-refractivity contribution in [3.8, 4) is 5.75 Å². The van der Waals surface area contributed by atoms with Crippen LogP contribution in [0.3, 0.4) is 0 Å². The van der Waals surface area contributed by atoms with Crippen LogP contribution in [0.2, 0.25) is 5.02 Å². The van der Waals surface area contributed by atoms with E-state index in [1.54, 1.807) is 18.2 Å². The number of Topliss-reactive ketones (excluding diaryl/α,β-unsaturated/α-hetero) is 1. The van der Waals surface area contributed by atoms with Gasteiger partial charge in [0, 0.05) is 11.3 Å². The van der Waals surface area contributed by atoms with Crippen LogP contribution in [-0.2, 0) is 0 Å². The molecule has 0 saturated heterocycles. The lowest BCUT2D eigenvalue weighted by atomic mass is 10.1. The van der Waals surface area contributed by atoms with Crippen molar-refractivity contribution < 1.29 is 18.7 Å². The molecule has 0 aromatic heterocycles. The molecular weight excluding hydrogens is 297 g/mol. The fourth-order valence-corrected chi connectivity index (χ4v) is 1.82. The Bertz CT molecular complexity index is 703. The van der Waals surface area contributed by atoms with E-state index in [0.29, 0.717) is 11.3 Å². The molecule has 21 heavy (non-hydrogen) atoms. The summed E-state index contributed by atoms with van der Waals surface area (Å²) in [7, 11) is 0. The molecule has 0 aliphatic carbocycles. The molecule has 1 N–H and O–H groups in total. The van der Waals surface area contributed by atoms with Crippen LogP contribution >= 0.6 is 11.6 Å². The number of benzene rings is 2. The Balaban J connectivity index is 2.08. The molecule has 2 rings (SSSR count). The van der Waals surface area contributed by atoms with Gasteiger partial charge in [-0.25, -0.2) is 9.18 Å². The molecular formula is C15H11ClFNO3. The lowest BCUT2D eigenvalue weighted by Gasteiger charge is -2.08. The predicted octanol–water partition coefficient (Wildman–Crippen LogP) is 4.29. The van der Waals surface area contributed by atoms with E-state index in [1.807, 2.05) is 0 Å². The summed E-state index contributed by atoms with van der Waals surface area (Å²) in [6.45, 7) is 1.43. The van der Waals surface area contributed by atoms with Crippen LogP contribution in [0.15, 0.2) is 42.5 Å². The third kappa shape index (κ3) is 4.03. The van der Waals surface area contributed by atoms with E-state index in [-0.39, 0.29) is 16.6 Å². The fraction of sp³-hybridized carbons (Fsp3) is 0.0667. The molecule has 0 unspecified atom stereocenters. The molecule has 108 valence electrons. The van der Waals surface area contributed by atoms with Crippen LogP contribution in [0.25, 0.3) is 0 Å². The number of carbonyl (C=O) groups is 2. The van der Waals surface area contributed by atoms with Gasteiger partial charge in [-0.3, -0.25) is 10.1 Å². The van der Waals surface area contributed by atoms with Gasteiger partial charge in [0.25, 0.3) is 0 Å². The number of ketones is 1. The van der Waals surface area contributed by atoms with Gasteiger partial charge in [-0.15, -0.1) is 0 Å². The number of amides is 1. The number of rotatable bonds is 3. The second kappa shape index (κ2) is 6.37. The van der Waals surface area contributed by atoms with Gasteiger partial charge in [-0.05, 0) is 37.3 Å². The number of carbonyl (C=O) groups excluding carboxylic acids is 2. The molecule has 0 atom stereocenters. The second-order valence-electron chi connectivity index (χ2n) is 4.23. The first-order valence-electron chi connectivity index (χ1n) is 6.00. The van der Waals surface area contributed by atoms with Crippen molar-refractivity contribution in [2.45, 2.75) is 6.92 Å². The van der Waals surface area contributed by atoms with Gasteiger partial charge in [-0.2, -0.15) is 0 Å². The highest BCUT2D eigenvalue weighted by Crippen LogP contribution is 2.25. The van der Waals surface area contributed by atoms with E-state index in [9.17, 15) is 14.0 Å². The van der Waals surface area contributed by atoms with E-state index in [2.05, 4.69) is 5.32 Å². The topological polar surface area (TPSA) is 55.4 Å². The maximum Gasteiger partial charge on any atom is 0.417 e. The molecule has 0 saturated carbocycles. The highest BCUT2D eigenvalue weighted by atomic mass is 35.5. The third-order valence-electron chi connectivity index (χ3n) is 2.61. The average molecular weight is 308 g/mol. The Morgan fingerprint density at radius 2 is 1.95 bits per heavy atom. The van der Waals surface area contributed by atoms with Crippen molar-refractivity contribution in [2.24, 2.45) is 0 Å². The average Bonchev–Trinajstić information content (AvgIpc) is 2.42. The van der Waals surface area contributed by atoms with E-state index in [1.165, 1.54) is 19.1 Å². The molecule has 2 aromatic carbocycles. The summed E-state index contributed by atoms with van der Waals surface area (Å²) in [5.74, 6) is -0.603. The van der Waals surface area contributed by atoms with Gasteiger partial charge in [-0.1, -0.05) is 23.7 Å². The SMILES string of the molecule is CC(=O)c1cccc(NC(=O)Oc2ccc(F)cc2Cl)c1. The van der Waals surface area contributed by atoms with E-state index in [0.717, 1.165) is 12.1 Å². The summed E-state index contributed by atoms with van der Waals surface area (Å²) >= 11 is 5.75. The monoisotopic (exact) mass is 307 g/mol. The molecule has 4 nitrogen and oxygen atoms in total. The highest BCUT2D eigenvalue weighted by molar-refractivity contribution is 6.32. The number of hydrogen-bond donors (Lipinski definition) is 1. The summed E-state index contributed by atoms with van der Waals surface area (Å²) in [5.41, 5.74) is 0.874. The van der Waals surface area contributed by atoms with Gasteiger partial charge in [0.05, 0.1) is 5.02 Å². The Kier molecular flexibility index (Phi) is 4.55. The largest absolute Gasteiger partial charge is 0.417 e. The van der Waals surface area contributed by atoms with E-state index >= 15 is 0 Å². The van der Waals surface area contributed by atoms with Gasteiger partial charge < -0.3 is 4.74 Å². The van der Waals surface area contributed by atoms with Crippen LogP contribution in [-0.4, -0.2) is 11.9 Å². The summed E-state index contributed by atoms with van der Waals surface area (Å²) in [4.78, 5) is 23.0. The number of ether oxygens (including phenoxy) is 1. The maximum atomic E-state index is 12.9. The Morgan fingerprint density at radius 3 is 2.62 bits per heavy atom. The van der Waals surface area contributed by atoms with Crippen LogP contribution in [0.4, 0.5) is 14.9 Å². The summed E-state index contributed by atoms with van der Waals surface area (Å²) in [5, 5.41) is 2.45. The molecule has 0 fully saturated rings. The van der Waals surface area contributed by atoms with Crippen LogP contribution < -0.4 is 10.1 Å². The molecule has 0 aliphatic rings. The summed E-state index contributed by atoms with van der Waals surface area (Å²) < 4.78 is 17.9. The number of nitrogens with one attached hydrogen (secondary N) is 1. The standard InChI is InChI=1S/C15H11ClFNO3/c1-9(19)10-3-2-4-12(7-10)18-15(20)21-14-6-5-11(17)8-13(14)16/h2-8H,1H3,(H,18,20). The lowest BCUT2D eigenvalue weighted by molar-refractivity contribution is 0.101. The predicted molar refractivity (Wildman–Crippen MR) is 77.5 cm³/mol.